The number of para-hydroxylation sites is 1. The molecule has 0 heterocycles. The number of hydrogen-bond acceptors (Lipinski definition) is 3. The molecule has 0 aliphatic carbocycles. The van der Waals surface area contributed by atoms with Gasteiger partial charge in [-0.2, -0.15) is 0 Å². The Balaban J connectivity index is 1.84. The Bertz CT molecular complexity index is 749. The number of benzene rings is 2. The highest BCUT2D eigenvalue weighted by atomic mass is 35.5. The van der Waals surface area contributed by atoms with Gasteiger partial charge in [-0.25, -0.2) is 0 Å². The van der Waals surface area contributed by atoms with Crippen molar-refractivity contribution in [3.05, 3.63) is 59.1 Å². The highest BCUT2D eigenvalue weighted by Crippen LogP contribution is 2.17. The van der Waals surface area contributed by atoms with Gasteiger partial charge in [-0.3, -0.25) is 9.59 Å². The minimum Gasteiger partial charge on any atom is -0.484 e. The van der Waals surface area contributed by atoms with Crippen molar-refractivity contribution in [3.8, 4) is 5.75 Å². The van der Waals surface area contributed by atoms with Crippen molar-refractivity contribution in [1.29, 1.82) is 0 Å². The van der Waals surface area contributed by atoms with Crippen LogP contribution < -0.4 is 10.1 Å². The summed E-state index contributed by atoms with van der Waals surface area (Å²) >= 11 is 5.86. The van der Waals surface area contributed by atoms with Gasteiger partial charge < -0.3 is 15.0 Å². The molecule has 2 amide bonds. The zero-order valence-electron chi connectivity index (χ0n) is 14.3. The molecule has 0 aliphatic rings. The zero-order valence-corrected chi connectivity index (χ0v) is 15.0. The summed E-state index contributed by atoms with van der Waals surface area (Å²) in [5.74, 6) is -0.0333. The highest BCUT2D eigenvalue weighted by Gasteiger charge is 2.14. The summed E-state index contributed by atoms with van der Waals surface area (Å²) in [6.07, 6.45) is 0.818. The number of hydrogen-bond donors (Lipinski definition) is 1. The maximum absolute atomic E-state index is 12.2. The highest BCUT2D eigenvalue weighted by molar-refractivity contribution is 6.30. The molecule has 6 heteroatoms. The second-order valence-corrected chi connectivity index (χ2v) is 5.99. The lowest BCUT2D eigenvalue weighted by molar-refractivity contribution is -0.135. The Labute approximate surface area is 152 Å². The fourth-order valence-corrected chi connectivity index (χ4v) is 2.44. The van der Waals surface area contributed by atoms with Gasteiger partial charge in [0.25, 0.3) is 5.91 Å². The maximum atomic E-state index is 12.2. The number of aryl methyl sites for hydroxylation is 1. The van der Waals surface area contributed by atoms with E-state index in [1.807, 2.05) is 31.2 Å². The topological polar surface area (TPSA) is 58.6 Å². The van der Waals surface area contributed by atoms with Crippen molar-refractivity contribution >= 4 is 29.1 Å². The first-order valence-corrected chi connectivity index (χ1v) is 8.37. The molecule has 0 unspecified atom stereocenters. The van der Waals surface area contributed by atoms with Gasteiger partial charge in [0.2, 0.25) is 5.91 Å². The summed E-state index contributed by atoms with van der Waals surface area (Å²) < 4.78 is 5.40. The van der Waals surface area contributed by atoms with Gasteiger partial charge in [-0.1, -0.05) is 42.8 Å². The SMILES string of the molecule is CCc1ccccc1NC(=O)CN(C)C(=O)COc1cccc(Cl)c1. The molecule has 0 saturated carbocycles. The van der Waals surface area contributed by atoms with Crippen LogP contribution in [0.4, 0.5) is 5.69 Å². The van der Waals surface area contributed by atoms with Gasteiger partial charge in [0.15, 0.2) is 6.61 Å². The van der Waals surface area contributed by atoms with Crippen molar-refractivity contribution in [3.63, 3.8) is 0 Å². The van der Waals surface area contributed by atoms with Crippen LogP contribution in [0.2, 0.25) is 5.02 Å². The molecule has 0 aliphatic heterocycles. The predicted octanol–water partition coefficient (Wildman–Crippen LogP) is 3.38. The first-order chi connectivity index (χ1) is 12.0. The lowest BCUT2D eigenvalue weighted by Crippen LogP contribution is -2.37. The summed E-state index contributed by atoms with van der Waals surface area (Å²) in [5, 5.41) is 3.37. The standard InChI is InChI=1S/C19H21ClN2O3/c1-3-14-7-4-5-10-17(14)21-18(23)12-22(2)19(24)13-25-16-9-6-8-15(20)11-16/h4-11H,3,12-13H2,1-2H3,(H,21,23). The normalized spacial score (nSPS) is 10.2. The molecule has 0 saturated heterocycles. The van der Waals surface area contributed by atoms with E-state index >= 15 is 0 Å². The second kappa shape index (κ2) is 9.08. The number of anilines is 1. The number of rotatable bonds is 7. The van der Waals surface area contributed by atoms with Crippen molar-refractivity contribution in [2.75, 3.05) is 25.5 Å². The zero-order chi connectivity index (χ0) is 18.2. The van der Waals surface area contributed by atoms with E-state index < -0.39 is 0 Å². The average molecular weight is 361 g/mol. The Morgan fingerprint density at radius 2 is 1.92 bits per heavy atom. The van der Waals surface area contributed by atoms with Crippen LogP contribution in [0.3, 0.4) is 0 Å². The van der Waals surface area contributed by atoms with E-state index in [-0.39, 0.29) is 25.0 Å². The predicted molar refractivity (Wildman–Crippen MR) is 99.0 cm³/mol. The lowest BCUT2D eigenvalue weighted by atomic mass is 10.1. The third kappa shape index (κ3) is 5.80. The van der Waals surface area contributed by atoms with Crippen LogP contribution in [0, 0.1) is 0 Å². The molecule has 2 rings (SSSR count). The van der Waals surface area contributed by atoms with Crippen LogP contribution in [-0.2, 0) is 16.0 Å². The van der Waals surface area contributed by atoms with Crippen LogP contribution >= 0.6 is 11.6 Å². The van der Waals surface area contributed by atoms with E-state index in [0.29, 0.717) is 10.8 Å². The number of halogens is 1. The summed E-state index contributed by atoms with van der Waals surface area (Å²) in [7, 11) is 1.56. The Kier molecular flexibility index (Phi) is 6.83. The van der Waals surface area contributed by atoms with E-state index in [0.717, 1.165) is 17.7 Å². The molecule has 132 valence electrons. The number of nitrogens with zero attached hydrogens (tertiary/aromatic N) is 1. The fraction of sp³-hybridized carbons (Fsp3) is 0.263. The van der Waals surface area contributed by atoms with E-state index in [9.17, 15) is 9.59 Å². The van der Waals surface area contributed by atoms with Gasteiger partial charge in [-0.15, -0.1) is 0 Å². The van der Waals surface area contributed by atoms with Gasteiger partial charge in [0.05, 0.1) is 6.54 Å². The number of ether oxygens (including phenoxy) is 1. The monoisotopic (exact) mass is 360 g/mol. The van der Waals surface area contributed by atoms with Crippen molar-refractivity contribution in [1.82, 2.24) is 4.90 Å². The van der Waals surface area contributed by atoms with E-state index in [4.69, 9.17) is 16.3 Å². The number of amides is 2. The molecule has 0 atom stereocenters. The largest absolute Gasteiger partial charge is 0.484 e. The summed E-state index contributed by atoms with van der Waals surface area (Å²) in [6.45, 7) is 1.82. The molecule has 25 heavy (non-hydrogen) atoms. The summed E-state index contributed by atoms with van der Waals surface area (Å²) in [5.41, 5.74) is 1.82. The van der Waals surface area contributed by atoms with Gasteiger partial charge in [0, 0.05) is 17.8 Å². The molecular formula is C19H21ClN2O3. The van der Waals surface area contributed by atoms with Crippen LogP contribution in [0.15, 0.2) is 48.5 Å². The van der Waals surface area contributed by atoms with Gasteiger partial charge in [0.1, 0.15) is 5.75 Å². The molecule has 2 aromatic rings. The molecule has 5 nitrogen and oxygen atoms in total. The van der Waals surface area contributed by atoms with Crippen molar-refractivity contribution < 1.29 is 14.3 Å². The summed E-state index contributed by atoms with van der Waals surface area (Å²) in [4.78, 5) is 25.6. The second-order valence-electron chi connectivity index (χ2n) is 5.55. The average Bonchev–Trinajstić information content (AvgIpc) is 2.60. The molecule has 0 radical (unpaired) electrons. The van der Waals surface area contributed by atoms with Crippen molar-refractivity contribution in [2.24, 2.45) is 0 Å². The molecule has 0 bridgehead atoms. The van der Waals surface area contributed by atoms with E-state index in [1.54, 1.807) is 31.3 Å². The molecule has 1 N–H and O–H groups in total. The molecule has 0 fully saturated rings. The fourth-order valence-electron chi connectivity index (χ4n) is 2.26. The van der Waals surface area contributed by atoms with Crippen LogP contribution in [0.5, 0.6) is 5.75 Å². The third-order valence-corrected chi connectivity index (χ3v) is 3.87. The van der Waals surface area contributed by atoms with Crippen LogP contribution in [0.1, 0.15) is 12.5 Å². The minimum atomic E-state index is -0.293. The first-order valence-electron chi connectivity index (χ1n) is 7.99. The lowest BCUT2D eigenvalue weighted by Gasteiger charge is -2.18. The number of carbonyl (C=O) groups excluding carboxylic acids is 2. The molecular weight excluding hydrogens is 340 g/mol. The molecule has 0 spiro atoms. The Morgan fingerprint density at radius 1 is 1.16 bits per heavy atom. The van der Waals surface area contributed by atoms with Crippen molar-refractivity contribution in [2.45, 2.75) is 13.3 Å². The van der Waals surface area contributed by atoms with Crippen LogP contribution in [-0.4, -0.2) is 36.9 Å². The Morgan fingerprint density at radius 3 is 2.64 bits per heavy atom. The maximum Gasteiger partial charge on any atom is 0.260 e. The van der Waals surface area contributed by atoms with Gasteiger partial charge in [-0.05, 0) is 36.2 Å². The summed E-state index contributed by atoms with van der Waals surface area (Å²) in [6, 6.07) is 14.4. The number of likely N-dealkylation sites (N-methyl/N-ethyl adjacent to an activating group) is 1. The number of carbonyl (C=O) groups is 2. The van der Waals surface area contributed by atoms with E-state index in [1.165, 1.54) is 4.90 Å². The smallest absolute Gasteiger partial charge is 0.260 e. The first kappa shape index (κ1) is 18.8. The molecule has 0 aromatic heterocycles. The third-order valence-electron chi connectivity index (χ3n) is 3.64. The molecule has 2 aromatic carbocycles. The number of nitrogens with one attached hydrogen (secondary N) is 1. The van der Waals surface area contributed by atoms with E-state index in [2.05, 4.69) is 5.32 Å². The van der Waals surface area contributed by atoms with Crippen LogP contribution in [0.25, 0.3) is 0 Å². The van der Waals surface area contributed by atoms with Gasteiger partial charge >= 0.3 is 0 Å². The quantitative estimate of drug-likeness (QED) is 0.823. The minimum absolute atomic E-state index is 0.0458. The Hall–Kier alpha value is -2.53.